The smallest absolute Gasteiger partial charge is 0.326 e. The maximum Gasteiger partial charge on any atom is 0.326 e. The molecule has 0 saturated carbocycles. The first kappa shape index (κ1) is 24.8. The van der Waals surface area contributed by atoms with Gasteiger partial charge in [-0.15, -0.1) is 0 Å². The first-order valence-electron chi connectivity index (χ1n) is 9.39. The second-order valence-electron chi connectivity index (χ2n) is 6.91. The van der Waals surface area contributed by atoms with Gasteiger partial charge in [-0.25, -0.2) is 4.79 Å². The summed E-state index contributed by atoms with van der Waals surface area (Å²) in [4.78, 5) is 64.1. The molecule has 1 rings (SSSR count). The Morgan fingerprint density at radius 2 is 1.87 bits per heavy atom. The maximum atomic E-state index is 12.8. The number of Topliss-reactive ketones (excluding diaryl/α,β-unsaturated/α-hetero) is 1. The topological polar surface area (TPSA) is 232 Å². The van der Waals surface area contributed by atoms with Crippen LogP contribution in [0.15, 0.2) is 4.99 Å². The molecule has 168 valence electrons. The Labute approximate surface area is 172 Å². The second-order valence-corrected chi connectivity index (χ2v) is 6.91. The molecule has 0 bridgehead atoms. The van der Waals surface area contributed by atoms with E-state index in [1.54, 1.807) is 0 Å². The summed E-state index contributed by atoms with van der Waals surface area (Å²) in [5, 5.41) is 20.7. The third-order valence-electron chi connectivity index (χ3n) is 4.66. The average Bonchev–Trinajstić information content (AvgIpc) is 3.04. The maximum absolute atomic E-state index is 12.8. The fourth-order valence-corrected chi connectivity index (χ4v) is 3.22. The Kier molecular flexibility index (Phi) is 9.68. The van der Waals surface area contributed by atoms with E-state index in [1.165, 1.54) is 0 Å². The van der Waals surface area contributed by atoms with Crippen LogP contribution in [0.3, 0.4) is 0 Å². The van der Waals surface area contributed by atoms with Crippen LogP contribution in [-0.2, 0) is 24.0 Å². The number of guanidine groups is 1. The van der Waals surface area contributed by atoms with Crippen LogP contribution in [0.1, 0.15) is 32.1 Å². The number of ketones is 1. The van der Waals surface area contributed by atoms with Crippen molar-refractivity contribution in [2.24, 2.45) is 28.1 Å². The van der Waals surface area contributed by atoms with Crippen molar-refractivity contribution in [2.75, 3.05) is 19.6 Å². The number of nitrogens with zero attached hydrogens (tertiary/aromatic N) is 2. The molecule has 0 aromatic rings. The molecule has 0 radical (unpaired) electrons. The summed E-state index contributed by atoms with van der Waals surface area (Å²) in [5.74, 6) is -5.04. The van der Waals surface area contributed by atoms with E-state index >= 15 is 0 Å². The lowest BCUT2D eigenvalue weighted by Gasteiger charge is -2.25. The van der Waals surface area contributed by atoms with Crippen molar-refractivity contribution in [3.63, 3.8) is 0 Å². The highest BCUT2D eigenvalue weighted by Crippen LogP contribution is 2.25. The number of aliphatic imine (C=N–C) groups is 1. The predicted molar refractivity (Wildman–Crippen MR) is 104 cm³/mol. The van der Waals surface area contributed by atoms with Crippen molar-refractivity contribution in [3.05, 3.63) is 0 Å². The summed E-state index contributed by atoms with van der Waals surface area (Å²) in [7, 11) is 0. The number of carbonyl (C=O) groups is 5. The number of hydrogen-bond donors (Lipinski definition) is 6. The average molecular weight is 428 g/mol. The van der Waals surface area contributed by atoms with Crippen LogP contribution in [0.2, 0.25) is 0 Å². The molecular formula is C17H28N6O7. The lowest BCUT2D eigenvalue weighted by atomic mass is 9.94. The number of carbonyl (C=O) groups excluding carboxylic acids is 3. The summed E-state index contributed by atoms with van der Waals surface area (Å²) in [6.07, 6.45) is -0.353. The summed E-state index contributed by atoms with van der Waals surface area (Å²) >= 11 is 0. The highest BCUT2D eigenvalue weighted by atomic mass is 16.4. The molecule has 0 spiro atoms. The van der Waals surface area contributed by atoms with Crippen LogP contribution in [0.4, 0.5) is 0 Å². The Balaban J connectivity index is 2.85. The minimum absolute atomic E-state index is 0.0884. The summed E-state index contributed by atoms with van der Waals surface area (Å²) in [5.41, 5.74) is 15.7. The fourth-order valence-electron chi connectivity index (χ4n) is 3.22. The Hall–Kier alpha value is -3.22. The highest BCUT2D eigenvalue weighted by Gasteiger charge is 2.42. The standard InChI is InChI=1S/C17H28N6O7/c18-7-12(24)22-10(3-4-14(26)27)15(28)9-6-13(25)23(8-9)11(16(29)30)2-1-5-21-17(19)20/h9-11H,1-8,18H2,(H,22,24)(H,26,27)(H,29,30)(H4,19,20,21)/t9-,10-,11-/m0/s1. The first-order chi connectivity index (χ1) is 14.1. The number of hydrogen-bond acceptors (Lipinski definition) is 7. The lowest BCUT2D eigenvalue weighted by molar-refractivity contribution is -0.148. The zero-order valence-electron chi connectivity index (χ0n) is 16.5. The van der Waals surface area contributed by atoms with Gasteiger partial charge in [0, 0.05) is 31.8 Å². The normalized spacial score (nSPS) is 17.8. The van der Waals surface area contributed by atoms with Crippen molar-refractivity contribution in [1.82, 2.24) is 10.2 Å². The number of carboxylic acids is 2. The Bertz CT molecular complexity index is 707. The molecule has 0 aliphatic carbocycles. The van der Waals surface area contributed by atoms with E-state index in [9.17, 15) is 29.1 Å². The van der Waals surface area contributed by atoms with Crippen molar-refractivity contribution in [1.29, 1.82) is 0 Å². The van der Waals surface area contributed by atoms with Crippen molar-refractivity contribution in [3.8, 4) is 0 Å². The van der Waals surface area contributed by atoms with Gasteiger partial charge in [-0.05, 0) is 19.3 Å². The van der Waals surface area contributed by atoms with Crippen LogP contribution < -0.4 is 22.5 Å². The molecule has 3 atom stereocenters. The number of nitrogens with one attached hydrogen (secondary N) is 1. The molecule has 0 unspecified atom stereocenters. The molecule has 2 amide bonds. The van der Waals surface area contributed by atoms with E-state index < -0.39 is 47.5 Å². The van der Waals surface area contributed by atoms with Gasteiger partial charge in [-0.3, -0.25) is 24.2 Å². The monoisotopic (exact) mass is 428 g/mol. The van der Waals surface area contributed by atoms with E-state index in [4.69, 9.17) is 22.3 Å². The third-order valence-corrected chi connectivity index (χ3v) is 4.66. The van der Waals surface area contributed by atoms with Crippen molar-refractivity contribution >= 4 is 35.5 Å². The summed E-state index contributed by atoms with van der Waals surface area (Å²) in [6, 6.07) is -2.28. The largest absolute Gasteiger partial charge is 0.481 e. The van der Waals surface area contributed by atoms with Gasteiger partial charge in [0.1, 0.15) is 6.04 Å². The quantitative estimate of drug-likeness (QED) is 0.100. The second kappa shape index (κ2) is 11.7. The highest BCUT2D eigenvalue weighted by molar-refractivity contribution is 5.96. The Morgan fingerprint density at radius 1 is 1.20 bits per heavy atom. The number of aliphatic carboxylic acids is 2. The van der Waals surface area contributed by atoms with Gasteiger partial charge in [0.05, 0.1) is 12.6 Å². The van der Waals surface area contributed by atoms with E-state index in [1.807, 2.05) is 0 Å². The molecule has 9 N–H and O–H groups in total. The zero-order chi connectivity index (χ0) is 22.8. The van der Waals surface area contributed by atoms with Crippen molar-refractivity contribution < 1.29 is 34.2 Å². The third kappa shape index (κ3) is 7.66. The van der Waals surface area contributed by atoms with Gasteiger partial charge in [-0.2, -0.15) is 0 Å². The molecule has 0 aromatic carbocycles. The summed E-state index contributed by atoms with van der Waals surface area (Å²) < 4.78 is 0. The molecule has 30 heavy (non-hydrogen) atoms. The molecule has 0 aromatic heterocycles. The number of nitrogens with two attached hydrogens (primary N) is 3. The van der Waals surface area contributed by atoms with Crippen LogP contribution in [0.5, 0.6) is 0 Å². The van der Waals surface area contributed by atoms with Crippen LogP contribution in [0, 0.1) is 5.92 Å². The van der Waals surface area contributed by atoms with Gasteiger partial charge in [-0.1, -0.05) is 0 Å². The van der Waals surface area contributed by atoms with E-state index in [2.05, 4.69) is 10.3 Å². The molecule has 1 heterocycles. The molecular weight excluding hydrogens is 400 g/mol. The van der Waals surface area contributed by atoms with Gasteiger partial charge < -0.3 is 37.6 Å². The molecule has 1 aliphatic rings. The van der Waals surface area contributed by atoms with Gasteiger partial charge >= 0.3 is 11.9 Å². The zero-order valence-corrected chi connectivity index (χ0v) is 16.5. The van der Waals surface area contributed by atoms with E-state index in [-0.39, 0.29) is 51.3 Å². The van der Waals surface area contributed by atoms with Crippen LogP contribution in [0.25, 0.3) is 0 Å². The molecule has 13 heteroatoms. The van der Waals surface area contributed by atoms with Crippen LogP contribution >= 0.6 is 0 Å². The molecule has 1 fully saturated rings. The first-order valence-corrected chi connectivity index (χ1v) is 9.39. The minimum atomic E-state index is -1.22. The number of amides is 2. The number of rotatable bonds is 13. The van der Waals surface area contributed by atoms with Gasteiger partial charge in [0.25, 0.3) is 0 Å². The number of likely N-dealkylation sites (tertiary alicyclic amines) is 1. The molecule has 1 saturated heterocycles. The molecule has 13 nitrogen and oxygen atoms in total. The van der Waals surface area contributed by atoms with E-state index in [0.29, 0.717) is 6.42 Å². The van der Waals surface area contributed by atoms with Gasteiger partial charge in [0.2, 0.25) is 11.8 Å². The summed E-state index contributed by atoms with van der Waals surface area (Å²) in [6.45, 7) is -0.332. The van der Waals surface area contributed by atoms with Crippen LogP contribution in [-0.4, -0.2) is 82.3 Å². The minimum Gasteiger partial charge on any atom is -0.481 e. The number of carboxylic acid groups (broad SMARTS) is 2. The lowest BCUT2D eigenvalue weighted by Crippen LogP contribution is -2.47. The molecule has 1 aliphatic heterocycles. The van der Waals surface area contributed by atoms with Crippen molar-refractivity contribution in [2.45, 2.75) is 44.2 Å². The predicted octanol–water partition coefficient (Wildman–Crippen LogP) is -2.78. The van der Waals surface area contributed by atoms with Gasteiger partial charge in [0.15, 0.2) is 11.7 Å². The van der Waals surface area contributed by atoms with E-state index in [0.717, 1.165) is 4.90 Å². The Morgan fingerprint density at radius 3 is 2.40 bits per heavy atom. The SMILES string of the molecule is NCC(=O)N[C@@H](CCC(=O)O)C(=O)[C@H]1CC(=O)N([C@@H](CCCN=C(N)N)C(=O)O)C1. The fraction of sp³-hybridized carbons (Fsp3) is 0.647.